The van der Waals surface area contributed by atoms with Crippen LogP contribution in [0.1, 0.15) is 39.8 Å². The first-order valence-electron chi connectivity index (χ1n) is 7.19. The molecule has 0 spiro atoms. The number of fused-ring (bicyclic) bond motifs is 1. The molecular formula is C17H17NO4. The maximum absolute atomic E-state index is 12.7. The molecule has 3 rings (SSSR count). The first kappa shape index (κ1) is 14.4. The van der Waals surface area contributed by atoms with E-state index in [4.69, 9.17) is 4.42 Å². The van der Waals surface area contributed by atoms with E-state index in [0.717, 1.165) is 11.3 Å². The van der Waals surface area contributed by atoms with Gasteiger partial charge in [-0.2, -0.15) is 0 Å². The molecule has 5 heteroatoms. The second kappa shape index (κ2) is 5.33. The number of carboxylic acid groups (broad SMARTS) is 1. The van der Waals surface area contributed by atoms with Crippen LogP contribution in [-0.4, -0.2) is 23.5 Å². The number of aryl methyl sites for hydroxylation is 2. The molecule has 1 aromatic heterocycles. The molecule has 0 bridgehead atoms. The van der Waals surface area contributed by atoms with Gasteiger partial charge in [0.25, 0.3) is 5.91 Å². The number of carboxylic acids is 1. The van der Waals surface area contributed by atoms with E-state index in [9.17, 15) is 14.7 Å². The van der Waals surface area contributed by atoms with Gasteiger partial charge < -0.3 is 14.4 Å². The first-order chi connectivity index (χ1) is 10.5. The summed E-state index contributed by atoms with van der Waals surface area (Å²) in [5, 5.41) is 9.34. The molecule has 0 saturated heterocycles. The normalized spacial score (nSPS) is 17.2. The third kappa shape index (κ3) is 2.28. The molecule has 2 aromatic rings. The van der Waals surface area contributed by atoms with Crippen LogP contribution in [0.4, 0.5) is 5.69 Å². The van der Waals surface area contributed by atoms with Crippen LogP contribution in [0.2, 0.25) is 0 Å². The van der Waals surface area contributed by atoms with Crippen molar-refractivity contribution in [2.24, 2.45) is 0 Å². The van der Waals surface area contributed by atoms with E-state index < -0.39 is 11.9 Å². The lowest BCUT2D eigenvalue weighted by atomic mass is 9.90. The minimum atomic E-state index is -0.857. The van der Waals surface area contributed by atoms with Gasteiger partial charge in [-0.1, -0.05) is 18.2 Å². The SMILES string of the molecule is Cc1cc(C(=O)N2CCC(C(=O)O)c3ccccc32)oc1C. The van der Waals surface area contributed by atoms with Gasteiger partial charge in [0.2, 0.25) is 0 Å². The molecule has 1 aliphatic rings. The average Bonchev–Trinajstić information content (AvgIpc) is 2.84. The Bertz CT molecular complexity index is 727. The topological polar surface area (TPSA) is 70.8 Å². The molecule has 1 atom stereocenters. The van der Waals surface area contributed by atoms with Crippen LogP contribution in [0.25, 0.3) is 0 Å². The summed E-state index contributed by atoms with van der Waals surface area (Å²) in [4.78, 5) is 25.7. The van der Waals surface area contributed by atoms with Gasteiger partial charge in [-0.15, -0.1) is 0 Å². The van der Waals surface area contributed by atoms with E-state index in [1.54, 1.807) is 29.2 Å². The van der Waals surface area contributed by atoms with Crippen LogP contribution in [0.15, 0.2) is 34.7 Å². The van der Waals surface area contributed by atoms with Gasteiger partial charge in [-0.3, -0.25) is 9.59 Å². The number of hydrogen-bond donors (Lipinski definition) is 1. The minimum Gasteiger partial charge on any atom is -0.481 e. The molecule has 1 N–H and O–H groups in total. The quantitative estimate of drug-likeness (QED) is 0.925. The van der Waals surface area contributed by atoms with Gasteiger partial charge in [0.1, 0.15) is 5.76 Å². The molecule has 1 aliphatic heterocycles. The Labute approximate surface area is 128 Å². The van der Waals surface area contributed by atoms with Crippen molar-refractivity contribution in [3.05, 3.63) is 53.0 Å². The highest BCUT2D eigenvalue weighted by atomic mass is 16.4. The zero-order chi connectivity index (χ0) is 15.9. The molecular weight excluding hydrogens is 282 g/mol. The largest absolute Gasteiger partial charge is 0.481 e. The molecule has 2 heterocycles. The monoisotopic (exact) mass is 299 g/mol. The van der Waals surface area contributed by atoms with Gasteiger partial charge in [0.15, 0.2) is 5.76 Å². The summed E-state index contributed by atoms with van der Waals surface area (Å²) < 4.78 is 5.51. The second-order valence-corrected chi connectivity index (χ2v) is 5.54. The molecule has 0 aliphatic carbocycles. The van der Waals surface area contributed by atoms with Crippen molar-refractivity contribution in [3.8, 4) is 0 Å². The molecule has 114 valence electrons. The van der Waals surface area contributed by atoms with Crippen molar-refractivity contribution in [1.29, 1.82) is 0 Å². The Morgan fingerprint density at radius 3 is 2.64 bits per heavy atom. The van der Waals surface area contributed by atoms with Crippen LogP contribution < -0.4 is 4.90 Å². The lowest BCUT2D eigenvalue weighted by Gasteiger charge is -2.32. The number of aliphatic carboxylic acids is 1. The van der Waals surface area contributed by atoms with Gasteiger partial charge in [-0.05, 0) is 43.5 Å². The van der Waals surface area contributed by atoms with Crippen LogP contribution >= 0.6 is 0 Å². The first-order valence-corrected chi connectivity index (χ1v) is 7.19. The smallest absolute Gasteiger partial charge is 0.311 e. The van der Waals surface area contributed by atoms with Crippen molar-refractivity contribution < 1.29 is 19.1 Å². The molecule has 1 amide bonds. The fourth-order valence-corrected chi connectivity index (χ4v) is 2.84. The summed E-state index contributed by atoms with van der Waals surface area (Å²) in [6.07, 6.45) is 0.400. The summed E-state index contributed by atoms with van der Waals surface area (Å²) in [5.41, 5.74) is 2.25. The summed E-state index contributed by atoms with van der Waals surface area (Å²) >= 11 is 0. The lowest BCUT2D eigenvalue weighted by Crippen LogP contribution is -2.38. The average molecular weight is 299 g/mol. The van der Waals surface area contributed by atoms with Crippen molar-refractivity contribution in [1.82, 2.24) is 0 Å². The van der Waals surface area contributed by atoms with Gasteiger partial charge >= 0.3 is 5.97 Å². The number of amides is 1. The van der Waals surface area contributed by atoms with Crippen molar-refractivity contribution in [2.75, 3.05) is 11.4 Å². The molecule has 5 nitrogen and oxygen atoms in total. The molecule has 1 unspecified atom stereocenters. The number of hydrogen-bond acceptors (Lipinski definition) is 3. The van der Waals surface area contributed by atoms with Crippen molar-refractivity contribution >= 4 is 17.6 Å². The molecule has 0 radical (unpaired) electrons. The van der Waals surface area contributed by atoms with Gasteiger partial charge in [0, 0.05) is 12.2 Å². The maximum Gasteiger partial charge on any atom is 0.311 e. The Balaban J connectivity index is 2.00. The van der Waals surface area contributed by atoms with E-state index in [0.29, 0.717) is 30.0 Å². The van der Waals surface area contributed by atoms with Gasteiger partial charge in [-0.25, -0.2) is 0 Å². The van der Waals surface area contributed by atoms with Crippen LogP contribution in [-0.2, 0) is 4.79 Å². The Kier molecular flexibility index (Phi) is 3.48. The van der Waals surface area contributed by atoms with Crippen molar-refractivity contribution in [3.63, 3.8) is 0 Å². The highest BCUT2D eigenvalue weighted by Gasteiger charge is 2.33. The lowest BCUT2D eigenvalue weighted by molar-refractivity contribution is -0.139. The summed E-state index contributed by atoms with van der Waals surface area (Å²) in [5.74, 6) is -0.646. The number of furan rings is 1. The number of rotatable bonds is 2. The zero-order valence-electron chi connectivity index (χ0n) is 12.5. The Morgan fingerprint density at radius 2 is 2.00 bits per heavy atom. The number of carbonyl (C=O) groups excluding carboxylic acids is 1. The maximum atomic E-state index is 12.7. The number of benzene rings is 1. The summed E-state index contributed by atoms with van der Waals surface area (Å²) in [7, 11) is 0. The van der Waals surface area contributed by atoms with E-state index >= 15 is 0 Å². The molecule has 0 saturated carbocycles. The number of para-hydroxylation sites is 1. The highest BCUT2D eigenvalue weighted by molar-refractivity contribution is 6.05. The van der Waals surface area contributed by atoms with E-state index in [-0.39, 0.29) is 5.91 Å². The predicted molar refractivity (Wildman–Crippen MR) is 81.3 cm³/mol. The molecule has 0 fully saturated rings. The third-order valence-corrected chi connectivity index (χ3v) is 4.16. The van der Waals surface area contributed by atoms with E-state index in [1.165, 1.54) is 0 Å². The minimum absolute atomic E-state index is 0.229. The number of carbonyl (C=O) groups is 2. The summed E-state index contributed by atoms with van der Waals surface area (Å²) in [6.45, 7) is 4.07. The van der Waals surface area contributed by atoms with E-state index in [2.05, 4.69) is 0 Å². The van der Waals surface area contributed by atoms with Crippen LogP contribution in [0, 0.1) is 13.8 Å². The van der Waals surface area contributed by atoms with E-state index in [1.807, 2.05) is 19.9 Å². The Hall–Kier alpha value is -2.56. The highest BCUT2D eigenvalue weighted by Crippen LogP contribution is 2.36. The zero-order valence-corrected chi connectivity index (χ0v) is 12.5. The van der Waals surface area contributed by atoms with Crippen molar-refractivity contribution in [2.45, 2.75) is 26.2 Å². The number of nitrogens with zero attached hydrogens (tertiary/aromatic N) is 1. The standard InChI is InChI=1S/C17H17NO4/c1-10-9-15(22-11(10)2)16(19)18-8-7-13(17(20)21)12-5-3-4-6-14(12)18/h3-6,9,13H,7-8H2,1-2H3,(H,20,21). The molecule has 22 heavy (non-hydrogen) atoms. The second-order valence-electron chi connectivity index (χ2n) is 5.54. The predicted octanol–water partition coefficient (Wildman–Crippen LogP) is 3.12. The third-order valence-electron chi connectivity index (χ3n) is 4.16. The number of anilines is 1. The fraction of sp³-hybridized carbons (Fsp3) is 0.294. The molecule has 1 aromatic carbocycles. The van der Waals surface area contributed by atoms with Crippen LogP contribution in [0.3, 0.4) is 0 Å². The van der Waals surface area contributed by atoms with Crippen LogP contribution in [0.5, 0.6) is 0 Å². The van der Waals surface area contributed by atoms with Gasteiger partial charge in [0.05, 0.1) is 5.92 Å². The fourth-order valence-electron chi connectivity index (χ4n) is 2.84. The summed E-state index contributed by atoms with van der Waals surface area (Å²) in [6, 6.07) is 8.88. The Morgan fingerprint density at radius 1 is 1.27 bits per heavy atom.